The van der Waals surface area contributed by atoms with Crippen molar-refractivity contribution >= 4 is 27.3 Å². The quantitative estimate of drug-likeness (QED) is 0.655. The predicted octanol–water partition coefficient (Wildman–Crippen LogP) is 2.59. The lowest BCUT2D eigenvalue weighted by atomic mass is 9.84. The van der Waals surface area contributed by atoms with Gasteiger partial charge in [-0.1, -0.05) is 24.3 Å². The summed E-state index contributed by atoms with van der Waals surface area (Å²) in [6, 6.07) is 2.89. The van der Waals surface area contributed by atoms with Crippen LogP contribution in [0.5, 0.6) is 0 Å². The Morgan fingerprint density at radius 2 is 2.09 bits per heavy atom. The van der Waals surface area contributed by atoms with Gasteiger partial charge in [-0.2, -0.15) is 4.31 Å². The highest BCUT2D eigenvalue weighted by molar-refractivity contribution is 7.89. The molecule has 0 aromatic carbocycles. The Morgan fingerprint density at radius 1 is 1.28 bits per heavy atom. The minimum atomic E-state index is -3.78. The second-order valence-electron chi connectivity index (χ2n) is 7.72. The minimum absolute atomic E-state index is 0.0218. The van der Waals surface area contributed by atoms with Crippen LogP contribution >= 0.6 is 11.6 Å². The molecule has 2 aliphatic heterocycles. The summed E-state index contributed by atoms with van der Waals surface area (Å²) >= 11 is 6.58. The summed E-state index contributed by atoms with van der Waals surface area (Å²) < 4.78 is 40.6. The van der Waals surface area contributed by atoms with Crippen molar-refractivity contribution in [3.05, 3.63) is 75.3 Å². The van der Waals surface area contributed by atoms with Gasteiger partial charge in [-0.3, -0.25) is 4.98 Å². The Morgan fingerprint density at radius 3 is 2.75 bits per heavy atom. The highest BCUT2D eigenvalue weighted by Gasteiger charge is 2.36. The normalized spacial score (nSPS) is 22.3. The van der Waals surface area contributed by atoms with Gasteiger partial charge in [0.15, 0.2) is 0 Å². The number of hydrogen-bond acceptors (Lipinski definition) is 6. The van der Waals surface area contributed by atoms with E-state index in [-0.39, 0.29) is 29.8 Å². The number of rotatable bonds is 4. The van der Waals surface area contributed by atoms with Gasteiger partial charge in [0.25, 0.3) is 0 Å². The molecular weight excluding hydrogens is 457 g/mol. The van der Waals surface area contributed by atoms with Crippen LogP contribution in [-0.4, -0.2) is 40.8 Å². The molecule has 0 spiro atoms. The largest absolute Gasteiger partial charge is 0.349 e. The van der Waals surface area contributed by atoms with E-state index in [9.17, 15) is 17.6 Å². The van der Waals surface area contributed by atoms with Crippen molar-refractivity contribution < 1.29 is 12.8 Å². The van der Waals surface area contributed by atoms with Gasteiger partial charge in [0.05, 0.1) is 18.1 Å². The van der Waals surface area contributed by atoms with E-state index < -0.39 is 21.5 Å². The number of nitrogens with one attached hydrogen (secondary N) is 2. The standard InChI is InChI=1S/C21H21ClFN5O3S/c1-13-12-28(32(30,31)15-10-25-21(29)26-11-15)8-7-16(13)20-17(22)3-2-4-19(27-20)18-6-5-14(23)9-24-18/h2,5-6,9-11,13,16,27H,3,7-8,12H2,1H3,(H,25,26,29)/t13-,16+/m0/s1. The molecule has 1 saturated heterocycles. The fraction of sp³-hybridized carbons (Fsp3) is 0.333. The van der Waals surface area contributed by atoms with E-state index in [0.717, 1.165) is 24.3 Å². The summed E-state index contributed by atoms with van der Waals surface area (Å²) in [5.41, 5.74) is 4.42. The maximum atomic E-state index is 13.3. The molecule has 0 amide bonds. The van der Waals surface area contributed by atoms with Gasteiger partial charge in [0.2, 0.25) is 10.0 Å². The fourth-order valence-electron chi connectivity index (χ4n) is 3.92. The van der Waals surface area contributed by atoms with Crippen molar-refractivity contribution in [2.75, 3.05) is 13.1 Å². The van der Waals surface area contributed by atoms with Crippen molar-refractivity contribution in [3.63, 3.8) is 0 Å². The summed E-state index contributed by atoms with van der Waals surface area (Å²) in [6.07, 6.45) is 6.17. The van der Waals surface area contributed by atoms with Crippen molar-refractivity contribution in [2.45, 2.75) is 24.7 Å². The SMILES string of the molecule is C[C@H]1CN(S(=O)(=O)c2cnc(=O)[nH]c2)CC[C@H]1C1=C(Cl)CC=C=C(c2ccc(F)cn2)N1. The number of sulfonamides is 1. The number of allylic oxidation sites excluding steroid dienone is 3. The van der Waals surface area contributed by atoms with Crippen molar-refractivity contribution in [1.29, 1.82) is 0 Å². The zero-order valence-corrected chi connectivity index (χ0v) is 18.8. The van der Waals surface area contributed by atoms with E-state index in [1.54, 1.807) is 12.1 Å². The zero-order chi connectivity index (χ0) is 22.9. The first-order valence-electron chi connectivity index (χ1n) is 10.0. The zero-order valence-electron chi connectivity index (χ0n) is 17.2. The second-order valence-corrected chi connectivity index (χ2v) is 10.1. The van der Waals surface area contributed by atoms with E-state index >= 15 is 0 Å². The smallest absolute Gasteiger partial charge is 0.344 e. The lowest BCUT2D eigenvalue weighted by Gasteiger charge is -2.37. The van der Waals surface area contributed by atoms with Crippen LogP contribution in [0.15, 0.2) is 62.9 Å². The van der Waals surface area contributed by atoms with Crippen LogP contribution in [0.4, 0.5) is 4.39 Å². The van der Waals surface area contributed by atoms with Crippen LogP contribution in [0.25, 0.3) is 5.70 Å². The number of aromatic amines is 1. The Kier molecular flexibility index (Phi) is 6.30. The molecule has 2 aromatic heterocycles. The fourth-order valence-corrected chi connectivity index (χ4v) is 5.65. The molecule has 32 heavy (non-hydrogen) atoms. The number of H-pyrrole nitrogens is 1. The number of aromatic nitrogens is 3. The third-order valence-electron chi connectivity index (χ3n) is 5.59. The number of halogens is 2. The van der Waals surface area contributed by atoms with Crippen molar-refractivity contribution in [1.82, 2.24) is 24.6 Å². The lowest BCUT2D eigenvalue weighted by molar-refractivity contribution is 0.219. The van der Waals surface area contributed by atoms with Gasteiger partial charge in [0.1, 0.15) is 16.4 Å². The number of nitrogens with zero attached hydrogens (tertiary/aromatic N) is 3. The Balaban J connectivity index is 1.54. The maximum Gasteiger partial charge on any atom is 0.344 e. The molecule has 0 saturated carbocycles. The van der Waals surface area contributed by atoms with Gasteiger partial charge in [-0.25, -0.2) is 22.6 Å². The van der Waals surface area contributed by atoms with E-state index in [4.69, 9.17) is 11.6 Å². The molecule has 2 N–H and O–H groups in total. The molecule has 168 valence electrons. The molecule has 0 bridgehead atoms. The Hall–Kier alpha value is -2.78. The van der Waals surface area contributed by atoms with Gasteiger partial charge in [-0.15, -0.1) is 0 Å². The summed E-state index contributed by atoms with van der Waals surface area (Å²) in [7, 11) is -3.78. The number of pyridine rings is 1. The highest BCUT2D eigenvalue weighted by atomic mass is 35.5. The van der Waals surface area contributed by atoms with E-state index in [1.165, 1.54) is 10.4 Å². The summed E-state index contributed by atoms with van der Waals surface area (Å²) in [6.45, 7) is 2.53. The molecule has 2 atom stereocenters. The molecule has 8 nitrogen and oxygen atoms in total. The summed E-state index contributed by atoms with van der Waals surface area (Å²) in [5, 5.41) is 3.93. The molecule has 2 aromatic rings. The topological polar surface area (TPSA) is 108 Å². The van der Waals surface area contributed by atoms with Crippen LogP contribution in [0.2, 0.25) is 0 Å². The maximum absolute atomic E-state index is 13.3. The molecule has 4 rings (SSSR count). The van der Waals surface area contributed by atoms with Crippen molar-refractivity contribution in [2.24, 2.45) is 11.8 Å². The summed E-state index contributed by atoms with van der Waals surface area (Å²) in [5.74, 6) is -0.502. The third kappa shape index (κ3) is 4.54. The highest BCUT2D eigenvalue weighted by Crippen LogP contribution is 2.35. The number of hydrogen-bond donors (Lipinski definition) is 2. The van der Waals surface area contributed by atoms with Gasteiger partial charge in [0, 0.05) is 42.4 Å². The van der Waals surface area contributed by atoms with Gasteiger partial charge < -0.3 is 10.3 Å². The number of piperidine rings is 1. The van der Waals surface area contributed by atoms with Gasteiger partial charge >= 0.3 is 5.69 Å². The minimum Gasteiger partial charge on any atom is -0.349 e. The van der Waals surface area contributed by atoms with E-state index in [2.05, 4.69) is 26.0 Å². The molecule has 0 unspecified atom stereocenters. The molecule has 0 radical (unpaired) electrons. The summed E-state index contributed by atoms with van der Waals surface area (Å²) in [4.78, 5) is 21.0. The Bertz CT molecular complexity index is 1260. The molecular formula is C21H21ClFN5O3S. The van der Waals surface area contributed by atoms with Crippen LogP contribution in [0.3, 0.4) is 0 Å². The predicted molar refractivity (Wildman–Crippen MR) is 117 cm³/mol. The van der Waals surface area contributed by atoms with Crippen LogP contribution in [-0.2, 0) is 10.0 Å². The first-order chi connectivity index (χ1) is 15.3. The molecule has 0 aliphatic carbocycles. The van der Waals surface area contributed by atoms with Gasteiger partial charge in [-0.05, 0) is 30.5 Å². The second kappa shape index (κ2) is 8.99. The van der Waals surface area contributed by atoms with Crippen LogP contribution in [0.1, 0.15) is 25.5 Å². The van der Waals surface area contributed by atoms with E-state index in [1.807, 2.05) is 6.92 Å². The average molecular weight is 478 g/mol. The molecule has 11 heteroatoms. The molecule has 4 heterocycles. The first kappa shape index (κ1) is 22.4. The monoisotopic (exact) mass is 477 g/mol. The van der Waals surface area contributed by atoms with Crippen LogP contribution < -0.4 is 11.0 Å². The first-order valence-corrected chi connectivity index (χ1v) is 11.8. The van der Waals surface area contributed by atoms with Crippen molar-refractivity contribution in [3.8, 4) is 0 Å². The van der Waals surface area contributed by atoms with Crippen LogP contribution in [0, 0.1) is 17.7 Å². The molecule has 2 aliphatic rings. The Labute approximate surface area is 189 Å². The molecule has 1 fully saturated rings. The average Bonchev–Trinajstić information content (AvgIpc) is 2.96. The van der Waals surface area contributed by atoms with E-state index in [0.29, 0.717) is 29.3 Å². The third-order valence-corrected chi connectivity index (χ3v) is 7.78. The lowest BCUT2D eigenvalue weighted by Crippen LogP contribution is -2.44.